The molecule has 142 valence electrons. The normalized spacial score (nSPS) is 23.5. The summed E-state index contributed by atoms with van der Waals surface area (Å²) in [6.45, 7) is 8.78. The van der Waals surface area contributed by atoms with Crippen molar-refractivity contribution in [2.24, 2.45) is 24.8 Å². The van der Waals surface area contributed by atoms with E-state index in [2.05, 4.69) is 36.2 Å². The summed E-state index contributed by atoms with van der Waals surface area (Å²) in [4.78, 5) is 16.7. The van der Waals surface area contributed by atoms with Crippen LogP contribution in [0, 0.1) is 24.7 Å². The Morgan fingerprint density at radius 1 is 1.42 bits per heavy atom. The molecule has 1 fully saturated rings. The number of rotatable bonds is 5. The maximum absolute atomic E-state index is 12.4. The maximum atomic E-state index is 12.4. The zero-order valence-corrected chi connectivity index (χ0v) is 16.5. The molecular weight excluding hydrogens is 328 g/mol. The Hall–Kier alpha value is -1.95. The van der Waals surface area contributed by atoms with Crippen LogP contribution in [0.2, 0.25) is 0 Å². The summed E-state index contributed by atoms with van der Waals surface area (Å²) in [6.07, 6.45) is 5.32. The van der Waals surface area contributed by atoms with Crippen molar-refractivity contribution >= 4 is 22.6 Å². The highest BCUT2D eigenvalue weighted by molar-refractivity contribution is 5.93. The number of aryl methyl sites for hydroxylation is 2. The SMILES string of the molecule is Cc1nn(C)c2ncc(NC(=O)CO[C@@H]3C[C@H](C)CC[C@H]3C(C)C)cc12. The topological polar surface area (TPSA) is 69.0 Å². The van der Waals surface area contributed by atoms with Gasteiger partial charge < -0.3 is 10.1 Å². The van der Waals surface area contributed by atoms with E-state index in [1.165, 1.54) is 12.8 Å². The van der Waals surface area contributed by atoms with Crippen LogP contribution in [0.15, 0.2) is 12.3 Å². The molecule has 3 atom stereocenters. The average molecular weight is 358 g/mol. The van der Waals surface area contributed by atoms with Crippen molar-refractivity contribution in [3.63, 3.8) is 0 Å². The highest BCUT2D eigenvalue weighted by Gasteiger charge is 2.31. The second-order valence-electron chi connectivity index (χ2n) is 8.03. The molecule has 1 N–H and O–H groups in total. The van der Waals surface area contributed by atoms with Crippen LogP contribution in [0.25, 0.3) is 11.0 Å². The number of fused-ring (bicyclic) bond motifs is 1. The summed E-state index contributed by atoms with van der Waals surface area (Å²) >= 11 is 0. The molecule has 26 heavy (non-hydrogen) atoms. The smallest absolute Gasteiger partial charge is 0.250 e. The Balaban J connectivity index is 1.61. The molecule has 1 aliphatic carbocycles. The molecule has 6 nitrogen and oxygen atoms in total. The van der Waals surface area contributed by atoms with Gasteiger partial charge in [-0.2, -0.15) is 5.10 Å². The van der Waals surface area contributed by atoms with Gasteiger partial charge in [0.05, 0.1) is 23.7 Å². The molecule has 0 aliphatic heterocycles. The van der Waals surface area contributed by atoms with Crippen molar-refractivity contribution in [3.05, 3.63) is 18.0 Å². The van der Waals surface area contributed by atoms with Crippen molar-refractivity contribution in [1.29, 1.82) is 0 Å². The highest BCUT2D eigenvalue weighted by Crippen LogP contribution is 2.35. The van der Waals surface area contributed by atoms with Gasteiger partial charge >= 0.3 is 0 Å². The lowest BCUT2D eigenvalue weighted by Crippen LogP contribution is -2.36. The minimum atomic E-state index is -0.131. The lowest BCUT2D eigenvalue weighted by Gasteiger charge is -2.37. The van der Waals surface area contributed by atoms with E-state index in [4.69, 9.17) is 4.74 Å². The number of hydrogen-bond acceptors (Lipinski definition) is 4. The Morgan fingerprint density at radius 3 is 2.92 bits per heavy atom. The second kappa shape index (κ2) is 7.74. The van der Waals surface area contributed by atoms with E-state index in [1.54, 1.807) is 10.9 Å². The van der Waals surface area contributed by atoms with Crippen LogP contribution < -0.4 is 5.32 Å². The van der Waals surface area contributed by atoms with Crippen molar-refractivity contribution in [2.75, 3.05) is 11.9 Å². The number of amides is 1. The average Bonchev–Trinajstić information content (AvgIpc) is 2.86. The molecule has 2 aromatic heterocycles. The molecule has 3 rings (SSSR count). The fourth-order valence-electron chi connectivity index (χ4n) is 4.06. The fraction of sp³-hybridized carbons (Fsp3) is 0.650. The zero-order chi connectivity index (χ0) is 18.8. The number of aromatic nitrogens is 3. The minimum Gasteiger partial charge on any atom is -0.368 e. The number of ether oxygens (including phenoxy) is 1. The van der Waals surface area contributed by atoms with Gasteiger partial charge in [-0.25, -0.2) is 4.98 Å². The highest BCUT2D eigenvalue weighted by atomic mass is 16.5. The predicted octanol–water partition coefficient (Wildman–Crippen LogP) is 3.69. The van der Waals surface area contributed by atoms with Crippen LogP contribution in [0.3, 0.4) is 0 Å². The standard InChI is InChI=1S/C20H30N4O2/c1-12(2)16-7-6-13(3)8-18(16)26-11-19(25)22-15-9-17-14(4)23-24(5)20(17)21-10-15/h9-10,12-13,16,18H,6-8,11H2,1-5H3,(H,22,25)/t13-,16+,18-/m1/s1. The first-order valence-electron chi connectivity index (χ1n) is 9.56. The van der Waals surface area contributed by atoms with Gasteiger partial charge in [-0.1, -0.05) is 27.2 Å². The van der Waals surface area contributed by atoms with Crippen molar-refractivity contribution < 1.29 is 9.53 Å². The van der Waals surface area contributed by atoms with Crippen molar-refractivity contribution in [2.45, 2.75) is 53.1 Å². The monoisotopic (exact) mass is 358 g/mol. The molecule has 2 heterocycles. The van der Waals surface area contributed by atoms with Gasteiger partial charge in [0.2, 0.25) is 5.91 Å². The Labute approximate surface area is 155 Å². The Morgan fingerprint density at radius 2 is 2.19 bits per heavy atom. The summed E-state index contributed by atoms with van der Waals surface area (Å²) in [7, 11) is 1.87. The van der Waals surface area contributed by atoms with E-state index >= 15 is 0 Å². The molecule has 6 heteroatoms. The molecular formula is C20H30N4O2. The quantitative estimate of drug-likeness (QED) is 0.885. The molecule has 1 aliphatic rings. The number of anilines is 1. The van der Waals surface area contributed by atoms with Gasteiger partial charge in [-0.3, -0.25) is 9.48 Å². The fourth-order valence-corrected chi connectivity index (χ4v) is 4.06. The predicted molar refractivity (Wildman–Crippen MR) is 103 cm³/mol. The van der Waals surface area contributed by atoms with E-state index in [-0.39, 0.29) is 18.6 Å². The van der Waals surface area contributed by atoms with Gasteiger partial charge in [0.25, 0.3) is 0 Å². The first-order valence-corrected chi connectivity index (χ1v) is 9.56. The number of carbonyl (C=O) groups is 1. The first kappa shape index (κ1) is 18.8. The van der Waals surface area contributed by atoms with Gasteiger partial charge in [0.1, 0.15) is 6.61 Å². The third-order valence-electron chi connectivity index (χ3n) is 5.54. The first-order chi connectivity index (χ1) is 12.3. The van der Waals surface area contributed by atoms with E-state index < -0.39 is 0 Å². The van der Waals surface area contributed by atoms with Gasteiger partial charge in [0, 0.05) is 12.4 Å². The molecule has 1 saturated carbocycles. The van der Waals surface area contributed by atoms with Crippen LogP contribution >= 0.6 is 0 Å². The molecule has 0 saturated heterocycles. The molecule has 0 radical (unpaired) electrons. The summed E-state index contributed by atoms with van der Waals surface area (Å²) in [5.74, 6) is 1.65. The van der Waals surface area contributed by atoms with Gasteiger partial charge in [-0.05, 0) is 43.6 Å². The van der Waals surface area contributed by atoms with Crippen LogP contribution in [0.4, 0.5) is 5.69 Å². The summed E-state index contributed by atoms with van der Waals surface area (Å²) < 4.78 is 7.77. The van der Waals surface area contributed by atoms with Crippen LogP contribution in [0.5, 0.6) is 0 Å². The maximum Gasteiger partial charge on any atom is 0.250 e. The number of hydrogen-bond donors (Lipinski definition) is 1. The zero-order valence-electron chi connectivity index (χ0n) is 16.5. The van der Waals surface area contributed by atoms with E-state index in [0.717, 1.165) is 23.1 Å². The summed E-state index contributed by atoms with van der Waals surface area (Å²) in [5, 5.41) is 8.21. The third-order valence-corrected chi connectivity index (χ3v) is 5.54. The van der Waals surface area contributed by atoms with Gasteiger partial charge in [-0.15, -0.1) is 0 Å². The van der Waals surface area contributed by atoms with Crippen LogP contribution in [-0.4, -0.2) is 33.4 Å². The molecule has 2 aromatic rings. The van der Waals surface area contributed by atoms with Gasteiger partial charge in [0.15, 0.2) is 5.65 Å². The summed E-state index contributed by atoms with van der Waals surface area (Å²) in [5.41, 5.74) is 2.39. The van der Waals surface area contributed by atoms with Crippen LogP contribution in [0.1, 0.15) is 45.7 Å². The molecule has 0 unspecified atom stereocenters. The third kappa shape index (κ3) is 4.06. The number of nitrogens with zero attached hydrogens (tertiary/aromatic N) is 3. The lowest BCUT2D eigenvalue weighted by molar-refractivity contribution is -0.126. The largest absolute Gasteiger partial charge is 0.368 e. The Kier molecular flexibility index (Phi) is 5.61. The molecule has 1 amide bonds. The lowest BCUT2D eigenvalue weighted by atomic mass is 9.75. The van der Waals surface area contributed by atoms with Crippen molar-refractivity contribution in [3.8, 4) is 0 Å². The minimum absolute atomic E-state index is 0.0880. The molecule has 0 bridgehead atoms. The number of carbonyl (C=O) groups excluding carboxylic acids is 1. The van der Waals surface area contributed by atoms with E-state index in [0.29, 0.717) is 23.4 Å². The number of pyridine rings is 1. The summed E-state index contributed by atoms with van der Waals surface area (Å²) in [6, 6.07) is 1.92. The molecule has 0 aromatic carbocycles. The Bertz CT molecular complexity index is 783. The van der Waals surface area contributed by atoms with E-state index in [9.17, 15) is 4.79 Å². The second-order valence-corrected chi connectivity index (χ2v) is 8.03. The van der Waals surface area contributed by atoms with Crippen molar-refractivity contribution in [1.82, 2.24) is 14.8 Å². The number of nitrogens with one attached hydrogen (secondary N) is 1. The molecule has 0 spiro atoms. The van der Waals surface area contributed by atoms with Crippen LogP contribution in [-0.2, 0) is 16.6 Å². The van der Waals surface area contributed by atoms with E-state index in [1.807, 2.05) is 20.0 Å².